The van der Waals surface area contributed by atoms with Gasteiger partial charge in [0.1, 0.15) is 12.2 Å². The third kappa shape index (κ3) is 2.20. The van der Waals surface area contributed by atoms with Crippen LogP contribution in [0.25, 0.3) is 0 Å². The van der Waals surface area contributed by atoms with E-state index >= 15 is 0 Å². The van der Waals surface area contributed by atoms with E-state index in [1.807, 2.05) is 4.98 Å². The molecule has 0 aromatic carbocycles. The lowest BCUT2D eigenvalue weighted by Crippen LogP contribution is -2.42. The fourth-order valence-electron chi connectivity index (χ4n) is 1.88. The molecule has 4 atom stereocenters. The Morgan fingerprint density at radius 1 is 1.63 bits per heavy atom. The second-order valence-corrected chi connectivity index (χ2v) is 4.89. The fourth-order valence-corrected chi connectivity index (χ4v) is 2.18. The van der Waals surface area contributed by atoms with Crippen molar-refractivity contribution in [3.8, 4) is 0 Å². The monoisotopic (exact) mass is 294 g/mol. The molecule has 106 valence electrons. The standard InChI is InChI=1S/C10H12ClFN2O5/c1-4-2-14(9(18)13-7(4)17)8-10(11,12)6(16)5(3-15)19-8/h2,5-6,8,15-16H,3H2,1H3,(H,13,17,18)/t5-,6-,8-,10+/m1/s1. The van der Waals surface area contributed by atoms with Crippen LogP contribution in [0.5, 0.6) is 0 Å². The largest absolute Gasteiger partial charge is 0.394 e. The van der Waals surface area contributed by atoms with Crippen molar-refractivity contribution < 1.29 is 19.3 Å². The highest BCUT2D eigenvalue weighted by atomic mass is 35.5. The van der Waals surface area contributed by atoms with Gasteiger partial charge in [0.25, 0.3) is 10.7 Å². The number of nitrogens with zero attached hydrogens (tertiary/aromatic N) is 1. The highest BCUT2D eigenvalue weighted by molar-refractivity contribution is 6.23. The molecule has 0 unspecified atom stereocenters. The molecule has 2 heterocycles. The van der Waals surface area contributed by atoms with Gasteiger partial charge in [0.15, 0.2) is 6.23 Å². The van der Waals surface area contributed by atoms with Gasteiger partial charge in [-0.3, -0.25) is 14.3 Å². The zero-order valence-electron chi connectivity index (χ0n) is 9.84. The molecule has 3 N–H and O–H groups in total. The van der Waals surface area contributed by atoms with Gasteiger partial charge in [0, 0.05) is 11.8 Å². The smallest absolute Gasteiger partial charge is 0.330 e. The average molecular weight is 295 g/mol. The predicted octanol–water partition coefficient (Wildman–Crippen LogP) is -1.000. The second kappa shape index (κ2) is 4.71. The van der Waals surface area contributed by atoms with Crippen LogP contribution in [0.1, 0.15) is 11.8 Å². The summed E-state index contributed by atoms with van der Waals surface area (Å²) in [6, 6.07) is 0. The van der Waals surface area contributed by atoms with Gasteiger partial charge >= 0.3 is 5.69 Å². The third-order valence-corrected chi connectivity index (χ3v) is 3.37. The summed E-state index contributed by atoms with van der Waals surface area (Å²) in [5, 5.41) is 15.7. The van der Waals surface area contributed by atoms with Crippen LogP contribution in [0.2, 0.25) is 0 Å². The van der Waals surface area contributed by atoms with Crippen LogP contribution in [-0.2, 0) is 4.74 Å². The van der Waals surface area contributed by atoms with Crippen LogP contribution in [0.4, 0.5) is 4.39 Å². The summed E-state index contributed by atoms with van der Waals surface area (Å²) in [6.07, 6.45) is -3.63. The van der Waals surface area contributed by atoms with E-state index in [9.17, 15) is 19.1 Å². The summed E-state index contributed by atoms with van der Waals surface area (Å²) < 4.78 is 20.0. The summed E-state index contributed by atoms with van der Waals surface area (Å²) in [5.74, 6) is 0. The fraction of sp³-hybridized carbons (Fsp3) is 0.600. The minimum Gasteiger partial charge on any atom is -0.394 e. The Bertz CT molecular complexity index is 598. The van der Waals surface area contributed by atoms with E-state index in [4.69, 9.17) is 21.4 Å². The molecule has 0 aliphatic carbocycles. The van der Waals surface area contributed by atoms with Crippen LogP contribution in [-0.4, -0.2) is 43.7 Å². The van der Waals surface area contributed by atoms with Gasteiger partial charge in [-0.1, -0.05) is 11.6 Å². The van der Waals surface area contributed by atoms with Crippen molar-refractivity contribution in [2.45, 2.75) is 30.5 Å². The molecule has 0 spiro atoms. The van der Waals surface area contributed by atoms with Crippen molar-refractivity contribution >= 4 is 11.6 Å². The summed E-state index contributed by atoms with van der Waals surface area (Å²) in [4.78, 5) is 24.8. The summed E-state index contributed by atoms with van der Waals surface area (Å²) in [5.41, 5.74) is -1.38. The molecule has 1 fully saturated rings. The van der Waals surface area contributed by atoms with E-state index in [1.54, 1.807) is 0 Å². The first kappa shape index (κ1) is 14.2. The molecule has 1 aliphatic rings. The van der Waals surface area contributed by atoms with E-state index in [2.05, 4.69) is 0 Å². The minimum absolute atomic E-state index is 0.151. The molecule has 7 nitrogen and oxygen atoms in total. The summed E-state index contributed by atoms with van der Waals surface area (Å²) in [6.45, 7) is 0.755. The number of rotatable bonds is 2. The number of ether oxygens (including phenoxy) is 1. The maximum atomic E-state index is 14.2. The van der Waals surface area contributed by atoms with Crippen LogP contribution in [0.15, 0.2) is 15.8 Å². The van der Waals surface area contributed by atoms with Crippen LogP contribution < -0.4 is 11.2 Å². The topological polar surface area (TPSA) is 105 Å². The number of hydrogen-bond acceptors (Lipinski definition) is 5. The zero-order chi connectivity index (χ0) is 14.4. The van der Waals surface area contributed by atoms with E-state index < -0.39 is 41.4 Å². The summed E-state index contributed by atoms with van der Waals surface area (Å²) in [7, 11) is 0. The molecule has 9 heteroatoms. The normalized spacial score (nSPS) is 34.7. The van der Waals surface area contributed by atoms with Crippen molar-refractivity contribution in [1.29, 1.82) is 0 Å². The van der Waals surface area contributed by atoms with Crippen LogP contribution in [0.3, 0.4) is 0 Å². The number of aliphatic hydroxyl groups excluding tert-OH is 2. The van der Waals surface area contributed by atoms with E-state index in [1.165, 1.54) is 6.92 Å². The Hall–Kier alpha value is -1.22. The van der Waals surface area contributed by atoms with Gasteiger partial charge in [-0.15, -0.1) is 0 Å². The predicted molar refractivity (Wildman–Crippen MR) is 62.8 cm³/mol. The number of aromatic amines is 1. The first-order valence-electron chi connectivity index (χ1n) is 5.43. The lowest BCUT2D eigenvalue weighted by atomic mass is 10.1. The number of H-pyrrole nitrogens is 1. The van der Waals surface area contributed by atoms with Crippen LogP contribution >= 0.6 is 11.6 Å². The summed E-state index contributed by atoms with van der Waals surface area (Å²) >= 11 is 5.55. The van der Waals surface area contributed by atoms with E-state index in [0.29, 0.717) is 0 Å². The lowest BCUT2D eigenvalue weighted by molar-refractivity contribution is -0.0518. The second-order valence-electron chi connectivity index (χ2n) is 4.31. The third-order valence-electron chi connectivity index (χ3n) is 2.96. The van der Waals surface area contributed by atoms with E-state index in [-0.39, 0.29) is 5.56 Å². The average Bonchev–Trinajstić information content (AvgIpc) is 2.56. The Balaban J connectivity index is 2.51. The lowest BCUT2D eigenvalue weighted by Gasteiger charge is -2.22. The van der Waals surface area contributed by atoms with Gasteiger partial charge in [-0.2, -0.15) is 0 Å². The van der Waals surface area contributed by atoms with Crippen molar-refractivity contribution in [3.05, 3.63) is 32.6 Å². The van der Waals surface area contributed by atoms with E-state index in [0.717, 1.165) is 10.8 Å². The number of nitrogens with one attached hydrogen (secondary N) is 1. The van der Waals surface area contributed by atoms with Crippen molar-refractivity contribution in [2.75, 3.05) is 6.61 Å². The number of alkyl halides is 2. The number of aliphatic hydroxyl groups is 2. The first-order chi connectivity index (χ1) is 8.78. The molecule has 1 saturated heterocycles. The van der Waals surface area contributed by atoms with Gasteiger partial charge in [-0.25, -0.2) is 9.18 Å². The van der Waals surface area contributed by atoms with Crippen molar-refractivity contribution in [1.82, 2.24) is 9.55 Å². The molecule has 1 aliphatic heterocycles. The molecule has 0 radical (unpaired) electrons. The molecular formula is C10H12ClFN2O5. The molecule has 1 aromatic rings. The maximum absolute atomic E-state index is 14.2. The number of aryl methyl sites for hydroxylation is 1. The number of halogens is 2. The molecule has 0 saturated carbocycles. The van der Waals surface area contributed by atoms with Crippen molar-refractivity contribution in [2.24, 2.45) is 0 Å². The SMILES string of the molecule is Cc1cn([C@@H]2O[C@H](CO)[C@@H](O)[C@@]2(F)Cl)c(=O)[nH]c1=O. The quantitative estimate of drug-likeness (QED) is 0.607. The molecule has 19 heavy (non-hydrogen) atoms. The van der Waals surface area contributed by atoms with Gasteiger partial charge in [0.05, 0.1) is 6.61 Å². The maximum Gasteiger partial charge on any atom is 0.330 e. The van der Waals surface area contributed by atoms with Crippen molar-refractivity contribution in [3.63, 3.8) is 0 Å². The van der Waals surface area contributed by atoms with Gasteiger partial charge < -0.3 is 14.9 Å². The minimum atomic E-state index is -2.79. The molecule has 1 aromatic heterocycles. The molecule has 0 bridgehead atoms. The molecule has 2 rings (SSSR count). The number of aromatic nitrogens is 2. The highest BCUT2D eigenvalue weighted by Gasteiger charge is 2.57. The Labute approximate surface area is 111 Å². The Kier molecular flexibility index (Phi) is 3.52. The van der Waals surface area contributed by atoms with Gasteiger partial charge in [0.2, 0.25) is 0 Å². The Morgan fingerprint density at radius 2 is 2.26 bits per heavy atom. The van der Waals surface area contributed by atoms with Crippen LogP contribution in [0, 0.1) is 6.92 Å². The van der Waals surface area contributed by atoms with Gasteiger partial charge in [-0.05, 0) is 6.92 Å². The highest BCUT2D eigenvalue weighted by Crippen LogP contribution is 2.43. The first-order valence-corrected chi connectivity index (χ1v) is 5.81. The zero-order valence-corrected chi connectivity index (χ0v) is 10.6. The number of hydrogen-bond donors (Lipinski definition) is 3. The Morgan fingerprint density at radius 3 is 2.79 bits per heavy atom. The molecule has 0 amide bonds. The molecular weight excluding hydrogens is 283 g/mol.